The van der Waals surface area contributed by atoms with Crippen LogP contribution < -0.4 is 10.5 Å². The molecule has 0 amide bonds. The van der Waals surface area contributed by atoms with Gasteiger partial charge in [-0.05, 0) is 17.7 Å². The number of aromatic nitrogens is 2. The molecular formula is C19H11FN4O3S. The fourth-order valence-corrected chi connectivity index (χ4v) is 4.73. The molecule has 1 aliphatic rings. The SMILES string of the molecule is Nc1ncnc2c1C(c1ccc([N+](=O)[O-])cc1)c1sc3c(F)cccc3c1O2. The average Bonchev–Trinajstić information content (AvgIpc) is 3.06. The Morgan fingerprint density at radius 1 is 1.18 bits per heavy atom. The van der Waals surface area contributed by atoms with Gasteiger partial charge in [-0.15, -0.1) is 11.3 Å². The van der Waals surface area contributed by atoms with Crippen molar-refractivity contribution in [2.45, 2.75) is 5.92 Å². The molecule has 2 aromatic carbocycles. The minimum Gasteiger partial charge on any atom is -0.437 e. The molecule has 0 aliphatic carbocycles. The first-order valence-electron chi connectivity index (χ1n) is 8.28. The van der Waals surface area contributed by atoms with Crippen LogP contribution in [-0.4, -0.2) is 14.9 Å². The third-order valence-electron chi connectivity index (χ3n) is 4.71. The van der Waals surface area contributed by atoms with Crippen molar-refractivity contribution in [1.29, 1.82) is 0 Å². The van der Waals surface area contributed by atoms with Gasteiger partial charge in [-0.1, -0.05) is 18.2 Å². The van der Waals surface area contributed by atoms with Gasteiger partial charge in [-0.2, -0.15) is 0 Å². The lowest BCUT2D eigenvalue weighted by atomic mass is 9.88. The summed E-state index contributed by atoms with van der Waals surface area (Å²) in [5.41, 5.74) is 7.42. The number of fused-ring (bicyclic) bond motifs is 4. The molecule has 0 saturated carbocycles. The van der Waals surface area contributed by atoms with E-state index in [9.17, 15) is 14.5 Å². The number of nitrogens with two attached hydrogens (primary N) is 1. The van der Waals surface area contributed by atoms with E-state index in [4.69, 9.17) is 10.5 Å². The Bertz CT molecular complexity index is 1260. The molecule has 0 saturated heterocycles. The van der Waals surface area contributed by atoms with Gasteiger partial charge in [-0.3, -0.25) is 10.1 Å². The molecule has 7 nitrogen and oxygen atoms in total. The van der Waals surface area contributed by atoms with Crippen molar-refractivity contribution < 1.29 is 14.1 Å². The van der Waals surface area contributed by atoms with E-state index < -0.39 is 10.8 Å². The normalized spacial score (nSPS) is 15.0. The lowest BCUT2D eigenvalue weighted by Crippen LogP contribution is -2.14. The molecular weight excluding hydrogens is 383 g/mol. The van der Waals surface area contributed by atoms with Gasteiger partial charge in [0.15, 0.2) is 5.75 Å². The standard InChI is InChI=1S/C19H11FN4O3S/c20-12-3-1-2-11-15-17(28-16(11)12)13(9-4-6-10(7-5-9)24(25)26)14-18(21)22-8-23-19(14)27-15/h1-8,13H,(H2,21,22,23). The summed E-state index contributed by atoms with van der Waals surface area (Å²) in [4.78, 5) is 19.6. The maximum atomic E-state index is 14.4. The lowest BCUT2D eigenvalue weighted by Gasteiger charge is -2.25. The fourth-order valence-electron chi connectivity index (χ4n) is 3.45. The van der Waals surface area contributed by atoms with Crippen LogP contribution in [0.2, 0.25) is 0 Å². The van der Waals surface area contributed by atoms with Crippen LogP contribution in [-0.2, 0) is 0 Å². The maximum Gasteiger partial charge on any atom is 0.269 e. The molecule has 1 unspecified atom stereocenters. The second-order valence-electron chi connectivity index (χ2n) is 6.27. The summed E-state index contributed by atoms with van der Waals surface area (Å²) in [6, 6.07) is 11.0. The molecule has 5 rings (SSSR count). The summed E-state index contributed by atoms with van der Waals surface area (Å²) in [6.45, 7) is 0. The van der Waals surface area contributed by atoms with Gasteiger partial charge in [0.05, 0.1) is 26.0 Å². The van der Waals surface area contributed by atoms with Gasteiger partial charge >= 0.3 is 0 Å². The summed E-state index contributed by atoms with van der Waals surface area (Å²) in [6.07, 6.45) is 1.31. The average molecular weight is 394 g/mol. The molecule has 1 aliphatic heterocycles. The van der Waals surface area contributed by atoms with Crippen molar-refractivity contribution in [3.63, 3.8) is 0 Å². The topological polar surface area (TPSA) is 104 Å². The Kier molecular flexibility index (Phi) is 3.53. The smallest absolute Gasteiger partial charge is 0.269 e. The fraction of sp³-hybridized carbons (Fsp3) is 0.0526. The molecule has 0 bridgehead atoms. The molecule has 138 valence electrons. The lowest BCUT2D eigenvalue weighted by molar-refractivity contribution is -0.384. The number of hydrogen-bond acceptors (Lipinski definition) is 7. The Morgan fingerprint density at radius 3 is 2.71 bits per heavy atom. The van der Waals surface area contributed by atoms with E-state index in [1.54, 1.807) is 24.3 Å². The molecule has 4 aromatic rings. The number of hydrogen-bond donors (Lipinski definition) is 1. The largest absolute Gasteiger partial charge is 0.437 e. The molecule has 3 heterocycles. The number of anilines is 1. The van der Waals surface area contributed by atoms with Gasteiger partial charge < -0.3 is 10.5 Å². The van der Waals surface area contributed by atoms with Crippen LogP contribution in [0.15, 0.2) is 48.8 Å². The summed E-state index contributed by atoms with van der Waals surface area (Å²) in [7, 11) is 0. The van der Waals surface area contributed by atoms with Crippen molar-refractivity contribution in [3.05, 3.63) is 80.7 Å². The third-order valence-corrected chi connectivity index (χ3v) is 5.97. The van der Waals surface area contributed by atoms with E-state index in [-0.39, 0.29) is 17.3 Å². The van der Waals surface area contributed by atoms with Crippen molar-refractivity contribution in [2.24, 2.45) is 0 Å². The van der Waals surface area contributed by atoms with E-state index in [0.717, 1.165) is 10.4 Å². The molecule has 2 N–H and O–H groups in total. The van der Waals surface area contributed by atoms with Crippen molar-refractivity contribution in [3.8, 4) is 11.6 Å². The van der Waals surface area contributed by atoms with E-state index >= 15 is 0 Å². The number of thiophene rings is 1. The van der Waals surface area contributed by atoms with Crippen molar-refractivity contribution in [1.82, 2.24) is 9.97 Å². The number of halogens is 1. The van der Waals surface area contributed by atoms with Gasteiger partial charge in [0.1, 0.15) is 18.0 Å². The van der Waals surface area contributed by atoms with Crippen molar-refractivity contribution in [2.75, 3.05) is 5.73 Å². The van der Waals surface area contributed by atoms with Gasteiger partial charge in [0.25, 0.3) is 5.69 Å². The number of non-ortho nitro benzene ring substituents is 1. The number of nitro benzene ring substituents is 1. The Balaban J connectivity index is 1.79. The summed E-state index contributed by atoms with van der Waals surface area (Å²) in [5, 5.41) is 11.6. The molecule has 0 radical (unpaired) electrons. The number of rotatable bonds is 2. The second kappa shape index (κ2) is 5.96. The zero-order chi connectivity index (χ0) is 19.4. The van der Waals surface area contributed by atoms with Crippen LogP contribution in [0.3, 0.4) is 0 Å². The molecule has 2 aromatic heterocycles. The highest BCUT2D eigenvalue weighted by Crippen LogP contribution is 2.54. The van der Waals surface area contributed by atoms with Gasteiger partial charge in [0.2, 0.25) is 5.88 Å². The van der Waals surface area contributed by atoms with Crippen LogP contribution in [0.5, 0.6) is 11.6 Å². The molecule has 0 spiro atoms. The van der Waals surface area contributed by atoms with E-state index in [2.05, 4.69) is 9.97 Å². The van der Waals surface area contributed by atoms with Gasteiger partial charge in [0, 0.05) is 17.5 Å². The summed E-state index contributed by atoms with van der Waals surface area (Å²) < 4.78 is 20.8. The summed E-state index contributed by atoms with van der Waals surface area (Å²) >= 11 is 1.27. The molecule has 28 heavy (non-hydrogen) atoms. The molecule has 1 atom stereocenters. The first kappa shape index (κ1) is 16.6. The first-order valence-corrected chi connectivity index (χ1v) is 9.09. The second-order valence-corrected chi connectivity index (χ2v) is 7.33. The van der Waals surface area contributed by atoms with Crippen LogP contribution in [0.4, 0.5) is 15.9 Å². The number of benzene rings is 2. The van der Waals surface area contributed by atoms with Crippen LogP contribution in [0.1, 0.15) is 21.9 Å². The van der Waals surface area contributed by atoms with Crippen LogP contribution in [0, 0.1) is 15.9 Å². The zero-order valence-electron chi connectivity index (χ0n) is 14.1. The predicted molar refractivity (Wildman–Crippen MR) is 102 cm³/mol. The Labute approximate surface area is 161 Å². The van der Waals surface area contributed by atoms with E-state index in [0.29, 0.717) is 27.3 Å². The number of ether oxygens (including phenoxy) is 1. The Hall–Kier alpha value is -3.59. The third kappa shape index (κ3) is 2.33. The van der Waals surface area contributed by atoms with Crippen molar-refractivity contribution >= 4 is 32.9 Å². The highest BCUT2D eigenvalue weighted by Gasteiger charge is 2.35. The highest BCUT2D eigenvalue weighted by atomic mass is 32.1. The number of nitrogen functional groups attached to an aromatic ring is 1. The Morgan fingerprint density at radius 2 is 1.96 bits per heavy atom. The number of nitrogens with zero attached hydrogens (tertiary/aromatic N) is 3. The molecule has 0 fully saturated rings. The number of nitro groups is 1. The first-order chi connectivity index (χ1) is 13.5. The summed E-state index contributed by atoms with van der Waals surface area (Å²) in [5.74, 6) is 0.307. The highest BCUT2D eigenvalue weighted by molar-refractivity contribution is 7.19. The van der Waals surface area contributed by atoms with E-state index in [1.165, 1.54) is 35.9 Å². The maximum absolute atomic E-state index is 14.4. The van der Waals surface area contributed by atoms with Crippen LogP contribution in [0.25, 0.3) is 10.1 Å². The zero-order valence-corrected chi connectivity index (χ0v) is 14.9. The quantitative estimate of drug-likeness (QED) is 0.346. The minimum atomic E-state index is -0.459. The van der Waals surface area contributed by atoms with Crippen LogP contribution >= 0.6 is 11.3 Å². The monoisotopic (exact) mass is 394 g/mol. The minimum absolute atomic E-state index is 0.0177. The van der Waals surface area contributed by atoms with E-state index in [1.807, 2.05) is 0 Å². The molecule has 9 heteroatoms. The predicted octanol–water partition coefficient (Wildman–Crippen LogP) is 4.61. The van der Waals surface area contributed by atoms with Gasteiger partial charge in [-0.25, -0.2) is 14.4 Å².